The molecule has 0 aliphatic rings. The minimum absolute atomic E-state index is 0.900. The summed E-state index contributed by atoms with van der Waals surface area (Å²) < 4.78 is 3.04. The van der Waals surface area contributed by atoms with Gasteiger partial charge in [-0.25, -0.2) is 0 Å². The molecule has 430 valence electrons. The average molecular weight is 1290 g/mol. The molecule has 13 rings (SSSR count). The van der Waals surface area contributed by atoms with Crippen LogP contribution in [0.3, 0.4) is 0 Å². The van der Waals surface area contributed by atoms with E-state index >= 15 is 0 Å². The second-order valence-electron chi connectivity index (χ2n) is 20.7. The predicted molar refractivity (Wildman–Crippen MR) is 372 cm³/mol. The maximum atomic E-state index is 13.8. The van der Waals surface area contributed by atoms with Crippen LogP contribution in [0.4, 0.5) is 0 Å². The molecule has 0 unspecified atom stereocenters. The van der Waals surface area contributed by atoms with Gasteiger partial charge in [0.2, 0.25) is 0 Å². The van der Waals surface area contributed by atoms with Crippen molar-refractivity contribution >= 4 is 95.5 Å². The monoisotopic (exact) mass is 1290 g/mol. The quantitative estimate of drug-likeness (QED) is 0.0876. The van der Waals surface area contributed by atoms with Crippen molar-refractivity contribution in [1.29, 1.82) is 0 Å². The molecule has 4 nitrogen and oxygen atoms in total. The molecule has 0 amide bonds. The molecule has 0 saturated heterocycles. The van der Waals surface area contributed by atoms with E-state index in [1.54, 1.807) is 0 Å². The minimum atomic E-state index is -3.13. The Kier molecular flexibility index (Phi) is 23.2. The van der Waals surface area contributed by atoms with Gasteiger partial charge in [-0.2, -0.15) is 0 Å². The van der Waals surface area contributed by atoms with Crippen LogP contribution in [0.5, 0.6) is 0 Å². The Morgan fingerprint density at radius 2 is 0.307 bits per heavy atom. The van der Waals surface area contributed by atoms with Gasteiger partial charge in [0, 0.05) is 0 Å². The van der Waals surface area contributed by atoms with E-state index < -0.39 is 33.3 Å². The molecule has 13 aromatic rings. The molecule has 13 aromatic carbocycles. The molecule has 9 heteroatoms. The van der Waals surface area contributed by atoms with Crippen LogP contribution in [0, 0.1) is 4.20 Å². The van der Waals surface area contributed by atoms with E-state index in [9.17, 15) is 19.2 Å². The van der Waals surface area contributed by atoms with Gasteiger partial charge in [0.25, 0.3) is 25.0 Å². The van der Waals surface area contributed by atoms with Gasteiger partial charge in [0.1, 0.15) is 0 Å². The van der Waals surface area contributed by atoms with Crippen molar-refractivity contribution in [3.8, 4) is 4.20 Å². The molecule has 88 heavy (non-hydrogen) atoms. The summed E-state index contributed by atoms with van der Waals surface area (Å²) in [7, 11) is -11.8. The van der Waals surface area contributed by atoms with Crippen LogP contribution in [0.25, 0.3) is 0 Å². The Hall–Kier alpha value is -8.96. The molecule has 0 fully saturated rings. The minimum Gasteiger partial charge on any atom is -0.848 e. The number of hydrogen-bond acceptors (Lipinski definition) is 4. The topological polar surface area (TPSA) is 83.8 Å². The standard InChI is InChI=1S/3C18H16OSi.C18H15OSi.C7H5.Mo/c4*19-20(16-10-4-1-5-11-16,17-12-6-2-7-13-17)18-14-8-3-9-15-18;1-7-5-3-2-4-6-7;/h3*1-15,19H;1-15H;2-6H;/q;;;-1;;+1. The molecule has 0 spiro atoms. The first-order valence-electron chi connectivity index (χ1n) is 29.2. The fourth-order valence-corrected chi connectivity index (χ4v) is 23.0. The van der Waals surface area contributed by atoms with Gasteiger partial charge in [-0.3, -0.25) is 0 Å². The zero-order chi connectivity index (χ0) is 61.2. The fraction of sp³-hybridized carbons (Fsp3) is 0. The Bertz CT molecular complexity index is 3210. The van der Waals surface area contributed by atoms with Crippen molar-refractivity contribution < 1.29 is 38.3 Å². The van der Waals surface area contributed by atoms with E-state index in [1.165, 1.54) is 0 Å². The van der Waals surface area contributed by atoms with E-state index in [2.05, 4.69) is 4.20 Å². The third-order valence-corrected chi connectivity index (χ3v) is 29.7. The van der Waals surface area contributed by atoms with Gasteiger partial charge in [-0.15, -0.1) is 0 Å². The van der Waals surface area contributed by atoms with E-state index in [-0.39, 0.29) is 0 Å². The van der Waals surface area contributed by atoms with Crippen molar-refractivity contribution in [2.45, 2.75) is 0 Å². The Labute approximate surface area is 533 Å². The van der Waals surface area contributed by atoms with E-state index in [0.717, 1.165) is 67.8 Å². The van der Waals surface area contributed by atoms with Crippen LogP contribution in [-0.2, 0) is 19.2 Å². The van der Waals surface area contributed by atoms with Crippen molar-refractivity contribution in [1.82, 2.24) is 0 Å². The molecule has 0 atom stereocenters. The zero-order valence-electron chi connectivity index (χ0n) is 48.7. The van der Waals surface area contributed by atoms with Crippen molar-refractivity contribution in [3.05, 3.63) is 400 Å². The number of benzene rings is 13. The maximum Gasteiger partial charge on any atom is 0.0572 e. The van der Waals surface area contributed by atoms with Gasteiger partial charge in [0.05, 0.1) is 8.32 Å². The van der Waals surface area contributed by atoms with Gasteiger partial charge >= 0.3 is 59.3 Å². The summed E-state index contributed by atoms with van der Waals surface area (Å²) in [5.41, 5.74) is 1.16. The van der Waals surface area contributed by atoms with E-state index in [4.69, 9.17) is 0 Å². The maximum absolute atomic E-state index is 13.8. The van der Waals surface area contributed by atoms with Crippen LogP contribution < -0.4 is 67.0 Å². The molecule has 0 aliphatic heterocycles. The summed E-state index contributed by atoms with van der Waals surface area (Å²) in [4.78, 5) is 48.5. The molecule has 0 aromatic heterocycles. The normalized spacial score (nSPS) is 10.9. The summed E-state index contributed by atoms with van der Waals surface area (Å²) in [5.74, 6) is 0. The smallest absolute Gasteiger partial charge is 0.0572 e. The van der Waals surface area contributed by atoms with Crippen molar-refractivity contribution in [3.63, 3.8) is 0 Å². The molecule has 0 saturated carbocycles. The Balaban J connectivity index is 0.000000134. The van der Waals surface area contributed by atoms with Crippen LogP contribution in [0.15, 0.2) is 394 Å². The molecule has 0 radical (unpaired) electrons. The Morgan fingerprint density at radius 1 is 0.193 bits per heavy atom. The first-order chi connectivity index (χ1) is 43.2. The summed E-state index contributed by atoms with van der Waals surface area (Å²) in [6.45, 7) is 0. The van der Waals surface area contributed by atoms with E-state index in [0.29, 0.717) is 0 Å². The molecule has 0 aliphatic carbocycles. The molecule has 3 N–H and O–H groups in total. The summed E-state index contributed by atoms with van der Waals surface area (Å²) in [6, 6.07) is 129. The third-order valence-electron chi connectivity index (χ3n) is 15.2. The summed E-state index contributed by atoms with van der Waals surface area (Å²) in [5, 5.41) is 11.8. The number of hydrogen-bond donors (Lipinski definition) is 3. The molecule has 0 heterocycles. The largest absolute Gasteiger partial charge is 0.848 e. The van der Waals surface area contributed by atoms with Crippen LogP contribution in [-0.4, -0.2) is 47.7 Å². The Morgan fingerprint density at radius 3 is 0.420 bits per heavy atom. The van der Waals surface area contributed by atoms with Gasteiger partial charge in [-0.05, 0) is 46.7 Å². The van der Waals surface area contributed by atoms with Crippen molar-refractivity contribution in [2.24, 2.45) is 0 Å². The molecule has 0 bridgehead atoms. The predicted octanol–water partition coefficient (Wildman–Crippen LogP) is 7.49. The average Bonchev–Trinajstić information content (AvgIpc) is 2.21. The van der Waals surface area contributed by atoms with E-state index in [1.807, 2.05) is 413 Å². The SMILES string of the molecule is O[Si](c1ccccc1)(c1ccccc1)c1ccccc1.O[Si](c1ccccc1)(c1ccccc1)c1ccccc1.O[Si](c1ccccc1)(c1ccccc1)c1ccccc1.[Mo+]#[C]c1ccccc1.[O-][Si](c1ccccc1)(c1ccccc1)c1ccccc1. The first-order valence-corrected chi connectivity index (χ1v) is 37.9. The van der Waals surface area contributed by atoms with Gasteiger partial charge < -0.3 is 19.2 Å². The summed E-state index contributed by atoms with van der Waals surface area (Å²) >= 11 is 1.85. The number of rotatable bonds is 12. The molecular formula is C79H68MoO4Si4. The second-order valence-corrected chi connectivity index (χ2v) is 33.7. The summed E-state index contributed by atoms with van der Waals surface area (Å²) in [6.07, 6.45) is 0. The van der Waals surface area contributed by atoms with Crippen LogP contribution >= 0.6 is 0 Å². The molecular weight excluding hydrogens is 1220 g/mol. The van der Waals surface area contributed by atoms with Gasteiger partial charge in [0.15, 0.2) is 0 Å². The van der Waals surface area contributed by atoms with Gasteiger partial charge in [-0.1, -0.05) is 380 Å². The first kappa shape index (κ1) is 63.5. The van der Waals surface area contributed by atoms with Crippen LogP contribution in [0.1, 0.15) is 5.56 Å². The van der Waals surface area contributed by atoms with Crippen molar-refractivity contribution in [2.75, 3.05) is 0 Å². The fourth-order valence-electron chi connectivity index (χ4n) is 10.6. The zero-order valence-corrected chi connectivity index (χ0v) is 54.7. The second kappa shape index (κ2) is 32.1. The third kappa shape index (κ3) is 15.6. The van der Waals surface area contributed by atoms with Crippen LogP contribution in [0.2, 0.25) is 0 Å².